The number of nitrogens with zero attached hydrogens (tertiary/aromatic N) is 2. The van der Waals surface area contributed by atoms with E-state index in [9.17, 15) is 0 Å². The number of likely N-dealkylation sites (N-methyl/N-ethyl adjacent to an activating group) is 1. The highest BCUT2D eigenvalue weighted by atomic mass is 35.5. The lowest BCUT2D eigenvalue weighted by Crippen LogP contribution is -2.43. The first-order valence-corrected chi connectivity index (χ1v) is 6.45. The van der Waals surface area contributed by atoms with E-state index in [1.165, 1.54) is 5.56 Å². The van der Waals surface area contributed by atoms with Crippen LogP contribution >= 0.6 is 11.6 Å². The lowest BCUT2D eigenvalue weighted by molar-refractivity contribution is 0.148. The summed E-state index contributed by atoms with van der Waals surface area (Å²) in [5, 5.41) is 0.840. The molecule has 0 saturated carbocycles. The van der Waals surface area contributed by atoms with E-state index >= 15 is 0 Å². The van der Waals surface area contributed by atoms with Gasteiger partial charge in [-0.25, -0.2) is 0 Å². The van der Waals surface area contributed by atoms with Gasteiger partial charge >= 0.3 is 0 Å². The second kappa shape index (κ2) is 5.83. The topological polar surface area (TPSA) is 32.5 Å². The van der Waals surface area contributed by atoms with Crippen molar-refractivity contribution in [2.75, 3.05) is 33.2 Å². The first kappa shape index (κ1) is 12.8. The maximum atomic E-state index is 6.26. The summed E-state index contributed by atoms with van der Waals surface area (Å²) in [5.74, 6) is 0. The highest BCUT2D eigenvalue weighted by Crippen LogP contribution is 2.20. The number of benzene rings is 1. The summed E-state index contributed by atoms with van der Waals surface area (Å²) in [6, 6.07) is 6.15. The van der Waals surface area contributed by atoms with Gasteiger partial charge in [-0.15, -0.1) is 0 Å². The number of hydrogen-bond donors (Lipinski definition) is 1. The molecule has 1 aromatic carbocycles. The lowest BCUT2D eigenvalue weighted by Gasteiger charge is -2.32. The molecule has 0 atom stereocenters. The van der Waals surface area contributed by atoms with Crippen LogP contribution in [0.4, 0.5) is 0 Å². The molecular formula is C13H20ClN3. The highest BCUT2D eigenvalue weighted by molar-refractivity contribution is 6.31. The third kappa shape index (κ3) is 3.42. The smallest absolute Gasteiger partial charge is 0.0454 e. The molecule has 4 heteroatoms. The first-order valence-electron chi connectivity index (χ1n) is 6.07. The van der Waals surface area contributed by atoms with Gasteiger partial charge < -0.3 is 10.6 Å². The van der Waals surface area contributed by atoms with Gasteiger partial charge in [0.1, 0.15) is 0 Å². The average molecular weight is 254 g/mol. The fraction of sp³-hybridized carbons (Fsp3) is 0.538. The Morgan fingerprint density at radius 1 is 1.24 bits per heavy atom. The van der Waals surface area contributed by atoms with E-state index in [0.717, 1.165) is 43.3 Å². The molecule has 1 heterocycles. The van der Waals surface area contributed by atoms with Crippen LogP contribution in [0.2, 0.25) is 5.02 Å². The molecule has 0 radical (unpaired) electrons. The predicted octanol–water partition coefficient (Wildman–Crippen LogP) is 1.55. The fourth-order valence-corrected chi connectivity index (χ4v) is 2.36. The zero-order valence-corrected chi connectivity index (χ0v) is 11.1. The van der Waals surface area contributed by atoms with Gasteiger partial charge in [-0.1, -0.05) is 23.7 Å². The van der Waals surface area contributed by atoms with Gasteiger partial charge in [0, 0.05) is 44.3 Å². The fourth-order valence-electron chi connectivity index (χ4n) is 2.09. The van der Waals surface area contributed by atoms with Crippen molar-refractivity contribution >= 4 is 11.6 Å². The minimum atomic E-state index is 0.550. The molecule has 2 N–H and O–H groups in total. The highest BCUT2D eigenvalue weighted by Gasteiger charge is 2.14. The molecule has 17 heavy (non-hydrogen) atoms. The van der Waals surface area contributed by atoms with Crippen molar-refractivity contribution in [1.29, 1.82) is 0 Å². The van der Waals surface area contributed by atoms with Crippen LogP contribution in [0, 0.1) is 0 Å². The van der Waals surface area contributed by atoms with Crippen LogP contribution in [0.25, 0.3) is 0 Å². The van der Waals surface area contributed by atoms with Crippen molar-refractivity contribution < 1.29 is 0 Å². The van der Waals surface area contributed by atoms with Crippen LogP contribution in [0.15, 0.2) is 18.2 Å². The molecule has 0 aromatic heterocycles. The van der Waals surface area contributed by atoms with E-state index in [0.29, 0.717) is 6.54 Å². The van der Waals surface area contributed by atoms with Crippen molar-refractivity contribution in [2.24, 2.45) is 5.73 Å². The van der Waals surface area contributed by atoms with Gasteiger partial charge in [0.15, 0.2) is 0 Å². The molecular weight excluding hydrogens is 234 g/mol. The zero-order valence-electron chi connectivity index (χ0n) is 10.3. The Bertz CT molecular complexity index is 373. The number of piperazine rings is 1. The third-order valence-corrected chi connectivity index (χ3v) is 3.69. The van der Waals surface area contributed by atoms with Crippen molar-refractivity contribution in [3.05, 3.63) is 34.3 Å². The van der Waals surface area contributed by atoms with Gasteiger partial charge in [-0.3, -0.25) is 4.90 Å². The summed E-state index contributed by atoms with van der Waals surface area (Å²) >= 11 is 6.26. The van der Waals surface area contributed by atoms with Crippen molar-refractivity contribution in [3.63, 3.8) is 0 Å². The van der Waals surface area contributed by atoms with Crippen LogP contribution in [0.1, 0.15) is 11.1 Å². The Hall–Kier alpha value is -0.610. The largest absolute Gasteiger partial charge is 0.326 e. The molecule has 1 aliphatic rings. The van der Waals surface area contributed by atoms with Crippen LogP contribution in [-0.4, -0.2) is 43.0 Å². The summed E-state index contributed by atoms with van der Waals surface area (Å²) in [4.78, 5) is 4.80. The second-order valence-electron chi connectivity index (χ2n) is 4.71. The van der Waals surface area contributed by atoms with Crippen LogP contribution in [-0.2, 0) is 13.1 Å². The molecule has 0 bridgehead atoms. The molecule has 1 aromatic rings. The van der Waals surface area contributed by atoms with Gasteiger partial charge in [0.2, 0.25) is 0 Å². The van der Waals surface area contributed by atoms with Gasteiger partial charge in [0.25, 0.3) is 0 Å². The molecule has 0 spiro atoms. The summed E-state index contributed by atoms with van der Waals surface area (Å²) in [5.41, 5.74) is 7.89. The van der Waals surface area contributed by atoms with Gasteiger partial charge in [-0.2, -0.15) is 0 Å². The van der Waals surface area contributed by atoms with E-state index in [1.54, 1.807) is 0 Å². The predicted molar refractivity (Wildman–Crippen MR) is 72.1 cm³/mol. The number of halogens is 1. The number of nitrogens with two attached hydrogens (primary N) is 1. The summed E-state index contributed by atoms with van der Waals surface area (Å²) < 4.78 is 0. The number of hydrogen-bond acceptors (Lipinski definition) is 3. The third-order valence-electron chi connectivity index (χ3n) is 3.34. The minimum Gasteiger partial charge on any atom is -0.326 e. The molecule has 3 nitrogen and oxygen atoms in total. The summed E-state index contributed by atoms with van der Waals surface area (Å²) in [7, 11) is 2.17. The van der Waals surface area contributed by atoms with E-state index in [-0.39, 0.29) is 0 Å². The first-order chi connectivity index (χ1) is 8.19. The maximum absolute atomic E-state index is 6.26. The monoisotopic (exact) mass is 253 g/mol. The van der Waals surface area contributed by atoms with Crippen molar-refractivity contribution in [1.82, 2.24) is 9.80 Å². The van der Waals surface area contributed by atoms with E-state index in [4.69, 9.17) is 17.3 Å². The van der Waals surface area contributed by atoms with Gasteiger partial charge in [-0.05, 0) is 24.2 Å². The van der Waals surface area contributed by atoms with Crippen LogP contribution < -0.4 is 5.73 Å². The molecule has 0 aliphatic carbocycles. The average Bonchev–Trinajstić information content (AvgIpc) is 2.34. The van der Waals surface area contributed by atoms with E-state index < -0.39 is 0 Å². The molecule has 94 valence electrons. The molecule has 0 amide bonds. The van der Waals surface area contributed by atoms with E-state index in [1.807, 2.05) is 6.07 Å². The standard InChI is InChI=1S/C13H20ClN3/c1-16-4-6-17(7-5-16)10-12-3-2-11(9-15)8-13(12)14/h2-3,8H,4-7,9-10,15H2,1H3. The second-order valence-corrected chi connectivity index (χ2v) is 5.12. The number of rotatable bonds is 3. The molecule has 1 saturated heterocycles. The Morgan fingerprint density at radius 3 is 2.53 bits per heavy atom. The summed E-state index contributed by atoms with van der Waals surface area (Å²) in [6.07, 6.45) is 0. The molecule has 1 aliphatic heterocycles. The lowest BCUT2D eigenvalue weighted by atomic mass is 10.1. The Balaban J connectivity index is 1.99. The van der Waals surface area contributed by atoms with Crippen molar-refractivity contribution in [2.45, 2.75) is 13.1 Å². The van der Waals surface area contributed by atoms with Crippen LogP contribution in [0.3, 0.4) is 0 Å². The Morgan fingerprint density at radius 2 is 1.94 bits per heavy atom. The zero-order chi connectivity index (χ0) is 12.3. The SMILES string of the molecule is CN1CCN(Cc2ccc(CN)cc2Cl)CC1. The Kier molecular flexibility index (Phi) is 4.40. The van der Waals surface area contributed by atoms with Gasteiger partial charge in [0.05, 0.1) is 0 Å². The summed E-state index contributed by atoms with van der Waals surface area (Å²) in [6.45, 7) is 6.00. The maximum Gasteiger partial charge on any atom is 0.0454 e. The van der Waals surface area contributed by atoms with Crippen molar-refractivity contribution in [3.8, 4) is 0 Å². The van der Waals surface area contributed by atoms with E-state index in [2.05, 4.69) is 29.0 Å². The minimum absolute atomic E-state index is 0.550. The molecule has 0 unspecified atom stereocenters. The normalized spacial score (nSPS) is 18.5. The molecule has 2 rings (SSSR count). The quantitative estimate of drug-likeness (QED) is 0.887. The molecule has 1 fully saturated rings. The Labute approximate surface area is 108 Å². The van der Waals surface area contributed by atoms with Crippen LogP contribution in [0.5, 0.6) is 0 Å².